The van der Waals surface area contributed by atoms with Crippen molar-refractivity contribution in [2.45, 2.75) is 46.4 Å². The van der Waals surface area contributed by atoms with Gasteiger partial charge in [0.1, 0.15) is 6.61 Å². The fourth-order valence-corrected chi connectivity index (χ4v) is 2.22. The molecule has 0 fully saturated rings. The number of benzene rings is 1. The highest BCUT2D eigenvalue weighted by Gasteiger charge is 2.16. The van der Waals surface area contributed by atoms with Crippen molar-refractivity contribution in [1.29, 1.82) is 0 Å². The van der Waals surface area contributed by atoms with Gasteiger partial charge in [-0.05, 0) is 38.8 Å². The van der Waals surface area contributed by atoms with Crippen LogP contribution in [0.15, 0.2) is 18.2 Å². The topological polar surface area (TPSA) is 32.7 Å². The van der Waals surface area contributed by atoms with Gasteiger partial charge in [-0.2, -0.15) is 0 Å². The predicted octanol–water partition coefficient (Wildman–Crippen LogP) is 2.52. The summed E-state index contributed by atoms with van der Waals surface area (Å²) in [6.45, 7) is 10.4. The molecule has 1 N–H and O–H groups in total. The molecule has 0 saturated heterocycles. The highest BCUT2D eigenvalue weighted by Crippen LogP contribution is 2.15. The maximum Gasteiger partial charge on any atom is 0.107 e. The van der Waals surface area contributed by atoms with Gasteiger partial charge in [0.05, 0.1) is 12.7 Å². The van der Waals surface area contributed by atoms with Crippen LogP contribution in [-0.2, 0) is 11.3 Å². The van der Waals surface area contributed by atoms with Gasteiger partial charge >= 0.3 is 0 Å². The minimum Gasteiger partial charge on any atom is -0.389 e. The third-order valence-electron chi connectivity index (χ3n) is 3.55. The predicted molar refractivity (Wildman–Crippen MR) is 87.1 cm³/mol. The molecule has 0 heterocycles. The summed E-state index contributed by atoms with van der Waals surface area (Å²) >= 11 is 0. The highest BCUT2D eigenvalue weighted by molar-refractivity contribution is 5.30. The van der Waals surface area contributed by atoms with Crippen molar-refractivity contribution in [3.8, 4) is 12.3 Å². The first-order valence-corrected chi connectivity index (χ1v) is 7.43. The van der Waals surface area contributed by atoms with Gasteiger partial charge in [0, 0.05) is 19.1 Å². The Kier molecular flexibility index (Phi) is 7.45. The monoisotopic (exact) mass is 289 g/mol. The van der Waals surface area contributed by atoms with Crippen LogP contribution in [0.1, 0.15) is 30.5 Å². The second kappa shape index (κ2) is 8.84. The van der Waals surface area contributed by atoms with Gasteiger partial charge in [-0.15, -0.1) is 6.42 Å². The van der Waals surface area contributed by atoms with E-state index in [1.54, 1.807) is 0 Å². The van der Waals surface area contributed by atoms with E-state index in [1.807, 2.05) is 0 Å². The van der Waals surface area contributed by atoms with Gasteiger partial charge in [0.25, 0.3) is 0 Å². The Balaban J connectivity index is 2.65. The molecule has 0 bridgehead atoms. The molecule has 3 heteroatoms. The Bertz CT molecular complexity index is 477. The second-order valence-corrected chi connectivity index (χ2v) is 5.83. The molecule has 0 spiro atoms. The van der Waals surface area contributed by atoms with Crippen LogP contribution in [0, 0.1) is 26.2 Å². The van der Waals surface area contributed by atoms with E-state index in [0.29, 0.717) is 12.6 Å². The van der Waals surface area contributed by atoms with Crippen LogP contribution < -0.4 is 0 Å². The molecule has 1 rings (SSSR count). The summed E-state index contributed by atoms with van der Waals surface area (Å²) in [7, 11) is 0. The molecule has 0 aliphatic rings. The van der Waals surface area contributed by atoms with Gasteiger partial charge in [-0.25, -0.2) is 0 Å². The summed E-state index contributed by atoms with van der Waals surface area (Å²) in [4.78, 5) is 2.26. The molecule has 1 atom stereocenters. The van der Waals surface area contributed by atoms with Gasteiger partial charge in [0.2, 0.25) is 0 Å². The first-order valence-electron chi connectivity index (χ1n) is 7.43. The van der Waals surface area contributed by atoms with E-state index in [1.165, 1.54) is 16.7 Å². The van der Waals surface area contributed by atoms with Gasteiger partial charge < -0.3 is 9.84 Å². The van der Waals surface area contributed by atoms with Crippen molar-refractivity contribution in [2.75, 3.05) is 19.8 Å². The Morgan fingerprint density at radius 3 is 2.67 bits per heavy atom. The second-order valence-electron chi connectivity index (χ2n) is 5.83. The van der Waals surface area contributed by atoms with E-state index in [-0.39, 0.29) is 13.2 Å². The third-order valence-corrected chi connectivity index (χ3v) is 3.55. The number of rotatable bonds is 8. The SMILES string of the molecule is C#CCOC[C@H](O)CN(Cc1cc(C)ccc1C)C(C)C. The maximum atomic E-state index is 10.1. The summed E-state index contributed by atoms with van der Waals surface area (Å²) in [6, 6.07) is 6.84. The number of hydrogen-bond acceptors (Lipinski definition) is 3. The molecule has 0 aliphatic carbocycles. The van der Waals surface area contributed by atoms with E-state index >= 15 is 0 Å². The normalized spacial score (nSPS) is 12.7. The Morgan fingerprint density at radius 2 is 2.05 bits per heavy atom. The van der Waals surface area contributed by atoms with Crippen molar-refractivity contribution in [3.05, 3.63) is 34.9 Å². The molecule has 3 nitrogen and oxygen atoms in total. The summed E-state index contributed by atoms with van der Waals surface area (Å²) in [5, 5.41) is 10.1. The number of aliphatic hydroxyl groups is 1. The molecular weight excluding hydrogens is 262 g/mol. The molecule has 0 unspecified atom stereocenters. The van der Waals surface area contributed by atoms with E-state index in [4.69, 9.17) is 11.2 Å². The van der Waals surface area contributed by atoms with Crippen molar-refractivity contribution < 1.29 is 9.84 Å². The van der Waals surface area contributed by atoms with Crippen LogP contribution in [0.4, 0.5) is 0 Å². The average Bonchev–Trinajstić information content (AvgIpc) is 2.42. The van der Waals surface area contributed by atoms with Crippen molar-refractivity contribution >= 4 is 0 Å². The van der Waals surface area contributed by atoms with Crippen molar-refractivity contribution in [1.82, 2.24) is 4.90 Å². The van der Waals surface area contributed by atoms with Crippen LogP contribution in [0.5, 0.6) is 0 Å². The standard InChI is InChI=1S/C18H27NO2/c1-6-9-21-13-18(20)12-19(14(2)3)11-17-10-15(4)7-8-16(17)5/h1,7-8,10,14,18,20H,9,11-13H2,2-5H3/t18-/m1/s1. The molecule has 116 valence electrons. The quantitative estimate of drug-likeness (QED) is 0.589. The number of nitrogens with zero attached hydrogens (tertiary/aromatic N) is 1. The highest BCUT2D eigenvalue weighted by atomic mass is 16.5. The molecule has 0 radical (unpaired) electrons. The Labute approximate surface area is 128 Å². The summed E-state index contributed by atoms with van der Waals surface area (Å²) in [6.07, 6.45) is 4.61. The van der Waals surface area contributed by atoms with E-state index < -0.39 is 6.10 Å². The van der Waals surface area contributed by atoms with E-state index in [2.05, 4.69) is 56.7 Å². The molecule has 0 aliphatic heterocycles. The van der Waals surface area contributed by atoms with Gasteiger partial charge in [0.15, 0.2) is 0 Å². The smallest absolute Gasteiger partial charge is 0.107 e. The first kappa shape index (κ1) is 17.7. The zero-order valence-corrected chi connectivity index (χ0v) is 13.6. The van der Waals surface area contributed by atoms with Crippen molar-refractivity contribution in [2.24, 2.45) is 0 Å². The zero-order valence-electron chi connectivity index (χ0n) is 13.6. The number of terminal acetylenes is 1. The fraction of sp³-hybridized carbons (Fsp3) is 0.556. The molecule has 21 heavy (non-hydrogen) atoms. The lowest BCUT2D eigenvalue weighted by Gasteiger charge is -2.29. The molecule has 0 amide bonds. The molecule has 0 saturated carbocycles. The first-order chi connectivity index (χ1) is 9.93. The Hall–Kier alpha value is -1.34. The van der Waals surface area contributed by atoms with Crippen LogP contribution in [0.3, 0.4) is 0 Å². The molecule has 1 aromatic rings. The fourth-order valence-electron chi connectivity index (χ4n) is 2.22. The van der Waals surface area contributed by atoms with Gasteiger partial charge in [-0.1, -0.05) is 29.7 Å². The average molecular weight is 289 g/mol. The van der Waals surface area contributed by atoms with E-state index in [0.717, 1.165) is 6.54 Å². The van der Waals surface area contributed by atoms with E-state index in [9.17, 15) is 5.11 Å². The number of ether oxygens (including phenoxy) is 1. The number of aryl methyl sites for hydroxylation is 2. The third kappa shape index (κ3) is 6.31. The van der Waals surface area contributed by atoms with Crippen LogP contribution in [0.25, 0.3) is 0 Å². The van der Waals surface area contributed by atoms with Crippen LogP contribution >= 0.6 is 0 Å². The lowest BCUT2D eigenvalue weighted by molar-refractivity contribution is 0.0191. The Morgan fingerprint density at radius 1 is 1.33 bits per heavy atom. The maximum absolute atomic E-state index is 10.1. The lowest BCUT2D eigenvalue weighted by Crippen LogP contribution is -2.39. The molecular formula is C18H27NO2. The molecule has 1 aromatic carbocycles. The number of aliphatic hydroxyl groups excluding tert-OH is 1. The van der Waals surface area contributed by atoms with Crippen LogP contribution in [-0.4, -0.2) is 41.9 Å². The molecule has 0 aromatic heterocycles. The summed E-state index contributed by atoms with van der Waals surface area (Å²) < 4.78 is 5.21. The zero-order chi connectivity index (χ0) is 15.8. The van der Waals surface area contributed by atoms with Gasteiger partial charge in [-0.3, -0.25) is 4.90 Å². The lowest BCUT2D eigenvalue weighted by atomic mass is 10.0. The van der Waals surface area contributed by atoms with Crippen molar-refractivity contribution in [3.63, 3.8) is 0 Å². The largest absolute Gasteiger partial charge is 0.389 e. The number of hydrogen-bond donors (Lipinski definition) is 1. The summed E-state index contributed by atoms with van der Waals surface area (Å²) in [5.41, 5.74) is 3.85. The van der Waals surface area contributed by atoms with Crippen LogP contribution in [0.2, 0.25) is 0 Å². The minimum absolute atomic E-state index is 0.246. The minimum atomic E-state index is -0.522. The summed E-state index contributed by atoms with van der Waals surface area (Å²) in [5.74, 6) is 2.41.